The van der Waals surface area contributed by atoms with Crippen molar-refractivity contribution in [2.75, 3.05) is 26.8 Å². The van der Waals surface area contributed by atoms with Crippen LogP contribution in [0.1, 0.15) is 35.7 Å². The maximum absolute atomic E-state index is 13.1. The highest BCUT2D eigenvalue weighted by Crippen LogP contribution is 2.27. The van der Waals surface area contributed by atoms with Gasteiger partial charge < -0.3 is 14.2 Å². The summed E-state index contributed by atoms with van der Waals surface area (Å²) in [5.41, 5.74) is 0.770. The molecular formula is C23H27NO7S. The lowest BCUT2D eigenvalue weighted by atomic mass is 9.98. The maximum Gasteiger partial charge on any atom is 0.339 e. The number of hydrogen-bond acceptors (Lipinski definition) is 7. The summed E-state index contributed by atoms with van der Waals surface area (Å²) < 4.78 is 43.2. The van der Waals surface area contributed by atoms with E-state index in [0.717, 1.165) is 5.56 Å². The fourth-order valence-electron chi connectivity index (χ4n) is 3.63. The van der Waals surface area contributed by atoms with Gasteiger partial charge in [-0.2, -0.15) is 4.31 Å². The monoisotopic (exact) mass is 461 g/mol. The third-order valence-corrected chi connectivity index (χ3v) is 7.30. The third kappa shape index (κ3) is 5.28. The number of hydrogen-bond donors (Lipinski definition) is 0. The molecule has 3 rings (SSSR count). The number of methoxy groups -OCH3 is 1. The summed E-state index contributed by atoms with van der Waals surface area (Å²) >= 11 is 0. The second kappa shape index (κ2) is 10.6. The zero-order valence-electron chi connectivity index (χ0n) is 18.2. The lowest BCUT2D eigenvalue weighted by Crippen LogP contribution is -2.41. The van der Waals surface area contributed by atoms with Crippen LogP contribution in [0.3, 0.4) is 0 Å². The summed E-state index contributed by atoms with van der Waals surface area (Å²) in [6.07, 6.45) is 0.678. The van der Waals surface area contributed by atoms with Gasteiger partial charge in [0.25, 0.3) is 0 Å². The standard InChI is InChI=1S/C23H27NO7S/c1-3-30-20-10-6-4-8-18(20)16-31-22(25)17-12-14-24(15-13-17)32(27,28)21-11-7-5-9-19(21)23(26)29-2/h4-11,17H,3,12-16H2,1-2H3. The van der Waals surface area contributed by atoms with E-state index in [1.807, 2.05) is 31.2 Å². The van der Waals surface area contributed by atoms with Crippen molar-refractivity contribution in [3.05, 3.63) is 59.7 Å². The van der Waals surface area contributed by atoms with Crippen molar-refractivity contribution in [1.82, 2.24) is 4.31 Å². The average molecular weight is 462 g/mol. The molecule has 2 aromatic carbocycles. The van der Waals surface area contributed by atoms with Gasteiger partial charge in [-0.3, -0.25) is 4.79 Å². The molecule has 0 spiro atoms. The second-order valence-corrected chi connectivity index (χ2v) is 9.22. The summed E-state index contributed by atoms with van der Waals surface area (Å²) in [5, 5.41) is 0. The molecule has 0 radical (unpaired) electrons. The third-order valence-electron chi connectivity index (χ3n) is 5.34. The highest BCUT2D eigenvalue weighted by Gasteiger charge is 2.34. The van der Waals surface area contributed by atoms with E-state index >= 15 is 0 Å². The Labute approximate surface area is 188 Å². The first-order valence-corrected chi connectivity index (χ1v) is 11.9. The summed E-state index contributed by atoms with van der Waals surface area (Å²) in [6, 6.07) is 13.3. The molecule has 0 saturated carbocycles. The molecule has 0 aliphatic carbocycles. The molecule has 0 atom stereocenters. The number of ether oxygens (including phenoxy) is 3. The lowest BCUT2D eigenvalue weighted by Gasteiger charge is -2.30. The van der Waals surface area contributed by atoms with Crippen LogP contribution in [-0.2, 0) is 30.9 Å². The van der Waals surface area contributed by atoms with E-state index in [9.17, 15) is 18.0 Å². The van der Waals surface area contributed by atoms with Gasteiger partial charge in [0.1, 0.15) is 12.4 Å². The van der Waals surface area contributed by atoms with Crippen LogP contribution in [0.15, 0.2) is 53.4 Å². The molecule has 9 heteroatoms. The van der Waals surface area contributed by atoms with E-state index in [1.54, 1.807) is 12.1 Å². The molecule has 1 heterocycles. The van der Waals surface area contributed by atoms with Gasteiger partial charge in [0.2, 0.25) is 10.0 Å². The minimum Gasteiger partial charge on any atom is -0.493 e. The molecular weight excluding hydrogens is 434 g/mol. The van der Waals surface area contributed by atoms with Gasteiger partial charge in [0.05, 0.1) is 30.1 Å². The van der Waals surface area contributed by atoms with Gasteiger partial charge >= 0.3 is 11.9 Å². The van der Waals surface area contributed by atoms with Gasteiger partial charge in [-0.25, -0.2) is 13.2 Å². The number of carbonyl (C=O) groups is 2. The lowest BCUT2D eigenvalue weighted by molar-refractivity contribution is -0.151. The Morgan fingerprint density at radius 3 is 2.38 bits per heavy atom. The topological polar surface area (TPSA) is 99.2 Å². The number of para-hydroxylation sites is 1. The molecule has 0 bridgehead atoms. The van der Waals surface area contributed by atoms with Gasteiger partial charge in [-0.1, -0.05) is 30.3 Å². The summed E-state index contributed by atoms with van der Waals surface area (Å²) in [4.78, 5) is 24.4. The van der Waals surface area contributed by atoms with E-state index in [1.165, 1.54) is 23.5 Å². The van der Waals surface area contributed by atoms with Crippen LogP contribution < -0.4 is 4.74 Å². The van der Waals surface area contributed by atoms with Gasteiger partial charge in [-0.05, 0) is 38.0 Å². The van der Waals surface area contributed by atoms with E-state index in [2.05, 4.69) is 0 Å². The van der Waals surface area contributed by atoms with Crippen molar-refractivity contribution in [2.24, 2.45) is 5.92 Å². The van der Waals surface area contributed by atoms with E-state index in [-0.39, 0.29) is 36.1 Å². The smallest absolute Gasteiger partial charge is 0.339 e. The summed E-state index contributed by atoms with van der Waals surface area (Å²) in [5.74, 6) is -0.789. The molecule has 2 aromatic rings. The Bertz CT molecular complexity index is 1060. The molecule has 8 nitrogen and oxygen atoms in total. The Balaban J connectivity index is 1.62. The molecule has 1 saturated heterocycles. The fourth-order valence-corrected chi connectivity index (χ4v) is 5.28. The number of benzene rings is 2. The van der Waals surface area contributed by atoms with Crippen molar-refractivity contribution >= 4 is 22.0 Å². The highest BCUT2D eigenvalue weighted by atomic mass is 32.2. The zero-order chi connectivity index (χ0) is 23.1. The first-order chi connectivity index (χ1) is 15.4. The summed E-state index contributed by atoms with van der Waals surface area (Å²) in [7, 11) is -2.70. The van der Waals surface area contributed by atoms with E-state index in [4.69, 9.17) is 14.2 Å². The van der Waals surface area contributed by atoms with Gasteiger partial charge in [-0.15, -0.1) is 0 Å². The molecule has 32 heavy (non-hydrogen) atoms. The Morgan fingerprint density at radius 1 is 1.03 bits per heavy atom. The van der Waals surface area contributed by atoms with Crippen LogP contribution in [0, 0.1) is 5.92 Å². The zero-order valence-corrected chi connectivity index (χ0v) is 19.0. The van der Waals surface area contributed by atoms with Crippen molar-refractivity contribution < 1.29 is 32.2 Å². The van der Waals surface area contributed by atoms with Crippen LogP contribution in [0.25, 0.3) is 0 Å². The van der Waals surface area contributed by atoms with Crippen molar-refractivity contribution in [2.45, 2.75) is 31.3 Å². The van der Waals surface area contributed by atoms with Crippen LogP contribution in [0.4, 0.5) is 0 Å². The molecule has 1 fully saturated rings. The number of nitrogens with zero attached hydrogens (tertiary/aromatic N) is 1. The summed E-state index contributed by atoms with van der Waals surface area (Å²) in [6.45, 7) is 2.81. The molecule has 0 amide bonds. The highest BCUT2D eigenvalue weighted by molar-refractivity contribution is 7.89. The molecule has 1 aliphatic rings. The van der Waals surface area contributed by atoms with Gasteiger partial charge in [0.15, 0.2) is 0 Å². The first kappa shape index (κ1) is 23.7. The minimum absolute atomic E-state index is 0.00973. The SMILES string of the molecule is CCOc1ccccc1COC(=O)C1CCN(S(=O)(=O)c2ccccc2C(=O)OC)CC1. The second-order valence-electron chi connectivity index (χ2n) is 7.31. The first-order valence-electron chi connectivity index (χ1n) is 10.4. The number of carbonyl (C=O) groups excluding carboxylic acids is 2. The number of esters is 2. The quantitative estimate of drug-likeness (QED) is 0.557. The number of rotatable bonds is 8. The van der Waals surface area contributed by atoms with Crippen LogP contribution in [0.2, 0.25) is 0 Å². The molecule has 0 unspecified atom stereocenters. The number of piperidine rings is 1. The molecule has 172 valence electrons. The minimum atomic E-state index is -3.90. The van der Waals surface area contributed by atoms with E-state index in [0.29, 0.717) is 25.2 Å². The van der Waals surface area contributed by atoms with Crippen molar-refractivity contribution in [3.63, 3.8) is 0 Å². The van der Waals surface area contributed by atoms with Crippen LogP contribution >= 0.6 is 0 Å². The Hall–Kier alpha value is -2.91. The van der Waals surface area contributed by atoms with Crippen LogP contribution in [-0.4, -0.2) is 51.5 Å². The van der Waals surface area contributed by atoms with Crippen molar-refractivity contribution in [1.29, 1.82) is 0 Å². The number of sulfonamides is 1. The largest absolute Gasteiger partial charge is 0.493 e. The average Bonchev–Trinajstić information content (AvgIpc) is 2.83. The van der Waals surface area contributed by atoms with Crippen molar-refractivity contribution in [3.8, 4) is 5.75 Å². The Kier molecular flexibility index (Phi) is 7.87. The Morgan fingerprint density at radius 2 is 1.69 bits per heavy atom. The maximum atomic E-state index is 13.1. The predicted molar refractivity (Wildman–Crippen MR) is 117 cm³/mol. The molecule has 0 aromatic heterocycles. The van der Waals surface area contributed by atoms with Crippen LogP contribution in [0.5, 0.6) is 5.75 Å². The molecule has 1 aliphatic heterocycles. The molecule has 0 N–H and O–H groups in total. The van der Waals surface area contributed by atoms with E-state index < -0.39 is 21.9 Å². The predicted octanol–water partition coefficient (Wildman–Crippen LogP) is 3.02. The fraction of sp³-hybridized carbons (Fsp3) is 0.391. The normalized spacial score (nSPS) is 15.2. The van der Waals surface area contributed by atoms with Gasteiger partial charge in [0, 0.05) is 18.7 Å².